The molecule has 110 valence electrons. The zero-order chi connectivity index (χ0) is 14.4. The summed E-state index contributed by atoms with van der Waals surface area (Å²) < 4.78 is 5.47. The van der Waals surface area contributed by atoms with Crippen LogP contribution >= 0.6 is 11.6 Å². The standard InChI is InChI=1S/C16H22ClNO2/c1-2-8-20-16-6-5-13(9-15(16)17)10-18-7-3-4-14(11-18)12-19/h2,5-6,9,14,19H,1,3-4,7-8,10-12H2. The van der Waals surface area contributed by atoms with Gasteiger partial charge in [0.25, 0.3) is 0 Å². The Morgan fingerprint density at radius 1 is 1.50 bits per heavy atom. The largest absolute Gasteiger partial charge is 0.488 e. The predicted octanol–water partition coefficient (Wildman–Crippen LogP) is 3.11. The lowest BCUT2D eigenvalue weighted by Gasteiger charge is -2.31. The maximum atomic E-state index is 9.27. The van der Waals surface area contributed by atoms with Gasteiger partial charge >= 0.3 is 0 Å². The fourth-order valence-electron chi connectivity index (χ4n) is 2.61. The molecule has 0 amide bonds. The van der Waals surface area contributed by atoms with Crippen molar-refractivity contribution in [3.63, 3.8) is 0 Å². The topological polar surface area (TPSA) is 32.7 Å². The molecule has 0 saturated carbocycles. The zero-order valence-electron chi connectivity index (χ0n) is 11.7. The summed E-state index contributed by atoms with van der Waals surface area (Å²) in [6.07, 6.45) is 3.98. The van der Waals surface area contributed by atoms with Crippen LogP contribution in [0.15, 0.2) is 30.9 Å². The van der Waals surface area contributed by atoms with Crippen molar-refractivity contribution in [3.05, 3.63) is 41.4 Å². The Labute approximate surface area is 125 Å². The fraction of sp³-hybridized carbons (Fsp3) is 0.500. The SMILES string of the molecule is C=CCOc1ccc(CN2CCCC(CO)C2)cc1Cl. The molecular formula is C16H22ClNO2. The average molecular weight is 296 g/mol. The van der Waals surface area contributed by atoms with Crippen LogP contribution in [0.3, 0.4) is 0 Å². The third kappa shape index (κ3) is 4.23. The van der Waals surface area contributed by atoms with Crippen molar-refractivity contribution < 1.29 is 9.84 Å². The Bertz CT molecular complexity index is 450. The minimum absolute atomic E-state index is 0.283. The molecule has 1 aromatic rings. The van der Waals surface area contributed by atoms with E-state index in [1.54, 1.807) is 6.08 Å². The van der Waals surface area contributed by atoms with Crippen molar-refractivity contribution in [2.75, 3.05) is 26.3 Å². The van der Waals surface area contributed by atoms with Gasteiger partial charge in [0.05, 0.1) is 5.02 Å². The number of likely N-dealkylation sites (tertiary alicyclic amines) is 1. The van der Waals surface area contributed by atoms with E-state index in [-0.39, 0.29) is 6.61 Å². The molecule has 1 heterocycles. The van der Waals surface area contributed by atoms with Crippen LogP contribution in [0, 0.1) is 5.92 Å². The van der Waals surface area contributed by atoms with Crippen LogP contribution in [0.4, 0.5) is 0 Å². The molecular weight excluding hydrogens is 274 g/mol. The summed E-state index contributed by atoms with van der Waals surface area (Å²) in [5.41, 5.74) is 1.18. The summed E-state index contributed by atoms with van der Waals surface area (Å²) in [7, 11) is 0. The number of hydrogen-bond acceptors (Lipinski definition) is 3. The Balaban J connectivity index is 1.95. The molecule has 1 saturated heterocycles. The van der Waals surface area contributed by atoms with E-state index in [1.807, 2.05) is 18.2 Å². The molecule has 1 aliphatic heterocycles. The number of aliphatic hydroxyl groups is 1. The fourth-order valence-corrected chi connectivity index (χ4v) is 2.87. The minimum atomic E-state index is 0.283. The van der Waals surface area contributed by atoms with E-state index in [1.165, 1.54) is 5.56 Å². The molecule has 3 nitrogen and oxygen atoms in total. The van der Waals surface area contributed by atoms with Gasteiger partial charge in [-0.2, -0.15) is 0 Å². The lowest BCUT2D eigenvalue weighted by molar-refractivity contribution is 0.116. The minimum Gasteiger partial charge on any atom is -0.488 e. The van der Waals surface area contributed by atoms with E-state index in [0.29, 0.717) is 23.3 Å². The summed E-state index contributed by atoms with van der Waals surface area (Å²) in [5.74, 6) is 1.11. The maximum absolute atomic E-state index is 9.27. The number of benzene rings is 1. The van der Waals surface area contributed by atoms with Crippen LogP contribution < -0.4 is 4.74 Å². The lowest BCUT2D eigenvalue weighted by Crippen LogP contribution is -2.36. The van der Waals surface area contributed by atoms with Crippen molar-refractivity contribution in [1.82, 2.24) is 4.90 Å². The molecule has 0 radical (unpaired) electrons. The molecule has 1 aromatic carbocycles. The quantitative estimate of drug-likeness (QED) is 0.819. The summed E-state index contributed by atoms with van der Waals surface area (Å²) in [6.45, 7) is 7.29. The number of hydrogen-bond donors (Lipinski definition) is 1. The highest BCUT2D eigenvalue weighted by atomic mass is 35.5. The smallest absolute Gasteiger partial charge is 0.138 e. The Kier molecular flexibility index (Phi) is 5.89. The third-order valence-electron chi connectivity index (χ3n) is 3.62. The first-order chi connectivity index (χ1) is 9.72. The van der Waals surface area contributed by atoms with E-state index in [2.05, 4.69) is 11.5 Å². The molecule has 0 spiro atoms. The van der Waals surface area contributed by atoms with E-state index >= 15 is 0 Å². The predicted molar refractivity (Wildman–Crippen MR) is 82.2 cm³/mol. The lowest BCUT2D eigenvalue weighted by atomic mass is 9.98. The second-order valence-corrected chi connectivity index (χ2v) is 5.70. The second kappa shape index (κ2) is 7.67. The summed E-state index contributed by atoms with van der Waals surface area (Å²) in [6, 6.07) is 5.92. The normalized spacial score (nSPS) is 19.8. The van der Waals surface area contributed by atoms with Crippen LogP contribution in [-0.4, -0.2) is 36.3 Å². The molecule has 1 atom stereocenters. The maximum Gasteiger partial charge on any atom is 0.138 e. The molecule has 0 aromatic heterocycles. The van der Waals surface area contributed by atoms with Gasteiger partial charge < -0.3 is 9.84 Å². The van der Waals surface area contributed by atoms with Crippen LogP contribution in [0.25, 0.3) is 0 Å². The highest BCUT2D eigenvalue weighted by Crippen LogP contribution is 2.27. The Morgan fingerprint density at radius 3 is 3.05 bits per heavy atom. The monoisotopic (exact) mass is 295 g/mol. The first kappa shape index (κ1) is 15.4. The first-order valence-corrected chi connectivity index (χ1v) is 7.46. The summed E-state index contributed by atoms with van der Waals surface area (Å²) in [5, 5.41) is 9.90. The van der Waals surface area contributed by atoms with E-state index < -0.39 is 0 Å². The van der Waals surface area contributed by atoms with Gasteiger partial charge in [-0.05, 0) is 43.0 Å². The van der Waals surface area contributed by atoms with Crippen LogP contribution in [0.1, 0.15) is 18.4 Å². The molecule has 0 aliphatic carbocycles. The molecule has 1 unspecified atom stereocenters. The number of rotatable bonds is 6. The van der Waals surface area contributed by atoms with Crippen molar-refractivity contribution in [2.45, 2.75) is 19.4 Å². The average Bonchev–Trinajstić information content (AvgIpc) is 2.47. The number of nitrogens with zero attached hydrogens (tertiary/aromatic N) is 1. The number of piperidine rings is 1. The molecule has 4 heteroatoms. The number of halogens is 1. The molecule has 1 fully saturated rings. The summed E-state index contributed by atoms with van der Waals surface area (Å²) >= 11 is 6.22. The van der Waals surface area contributed by atoms with Crippen LogP contribution in [0.5, 0.6) is 5.75 Å². The van der Waals surface area contributed by atoms with Gasteiger partial charge in [-0.25, -0.2) is 0 Å². The van der Waals surface area contributed by atoms with Gasteiger partial charge in [0.15, 0.2) is 0 Å². The van der Waals surface area contributed by atoms with E-state index in [0.717, 1.165) is 32.5 Å². The van der Waals surface area contributed by atoms with E-state index in [9.17, 15) is 5.11 Å². The van der Waals surface area contributed by atoms with Gasteiger partial charge in [-0.15, -0.1) is 0 Å². The molecule has 1 N–H and O–H groups in total. The molecule has 0 bridgehead atoms. The van der Waals surface area contributed by atoms with Gasteiger partial charge in [-0.3, -0.25) is 4.90 Å². The molecule has 20 heavy (non-hydrogen) atoms. The second-order valence-electron chi connectivity index (χ2n) is 5.29. The number of aliphatic hydroxyl groups excluding tert-OH is 1. The highest BCUT2D eigenvalue weighted by Gasteiger charge is 2.19. The van der Waals surface area contributed by atoms with Crippen molar-refractivity contribution in [2.24, 2.45) is 5.92 Å². The van der Waals surface area contributed by atoms with Crippen molar-refractivity contribution in [3.8, 4) is 5.75 Å². The van der Waals surface area contributed by atoms with Crippen LogP contribution in [0.2, 0.25) is 5.02 Å². The van der Waals surface area contributed by atoms with Gasteiger partial charge in [-0.1, -0.05) is 30.3 Å². The molecule has 1 aliphatic rings. The third-order valence-corrected chi connectivity index (χ3v) is 3.92. The van der Waals surface area contributed by atoms with Gasteiger partial charge in [0.1, 0.15) is 12.4 Å². The van der Waals surface area contributed by atoms with Crippen molar-refractivity contribution >= 4 is 11.6 Å². The zero-order valence-corrected chi connectivity index (χ0v) is 12.5. The van der Waals surface area contributed by atoms with Gasteiger partial charge in [0.2, 0.25) is 0 Å². The highest BCUT2D eigenvalue weighted by molar-refractivity contribution is 6.32. The Hall–Kier alpha value is -1.03. The van der Waals surface area contributed by atoms with Crippen LogP contribution in [-0.2, 0) is 6.54 Å². The first-order valence-electron chi connectivity index (χ1n) is 7.08. The van der Waals surface area contributed by atoms with Gasteiger partial charge in [0, 0.05) is 19.7 Å². The Morgan fingerprint density at radius 2 is 2.35 bits per heavy atom. The molecule has 2 rings (SSSR count). The summed E-state index contributed by atoms with van der Waals surface area (Å²) in [4.78, 5) is 2.38. The number of ether oxygens (including phenoxy) is 1. The van der Waals surface area contributed by atoms with Crippen molar-refractivity contribution in [1.29, 1.82) is 0 Å². The van der Waals surface area contributed by atoms with E-state index in [4.69, 9.17) is 16.3 Å².